The highest BCUT2D eigenvalue weighted by molar-refractivity contribution is 9.10. The predicted molar refractivity (Wildman–Crippen MR) is 498 cm³/mol. The van der Waals surface area contributed by atoms with Gasteiger partial charge in [0.25, 0.3) is 19.1 Å². The van der Waals surface area contributed by atoms with E-state index < -0.39 is 59.9 Å². The fraction of sp³-hybridized carbons (Fsp3) is 0.682. The fourth-order valence-electron chi connectivity index (χ4n) is 12.7. The second-order valence-corrected chi connectivity index (χ2v) is 41.4. The summed E-state index contributed by atoms with van der Waals surface area (Å²) in [7, 11) is 6.30. The van der Waals surface area contributed by atoms with Crippen molar-refractivity contribution >= 4 is 110 Å². The molecular weight excluding hydrogens is 1810 g/mol. The van der Waals surface area contributed by atoms with Gasteiger partial charge < -0.3 is 68.6 Å². The van der Waals surface area contributed by atoms with Crippen LogP contribution in [0.2, 0.25) is 6.22 Å². The second kappa shape index (κ2) is 50.6. The molecule has 8 fully saturated rings. The van der Waals surface area contributed by atoms with Crippen LogP contribution in [0.4, 0.5) is 61.0 Å². The summed E-state index contributed by atoms with van der Waals surface area (Å²) in [5, 5.41) is 19.7. The third-order valence-corrected chi connectivity index (χ3v) is 25.9. The number of allylic oxidation sites excluding steroid dienone is 4. The van der Waals surface area contributed by atoms with Crippen molar-refractivity contribution in [3.63, 3.8) is 0 Å². The Morgan fingerprint density at radius 1 is 0.500 bits per heavy atom. The number of aldehydes is 1. The maximum Gasteiger partial charge on any atom is 0.486 e. The molecule has 3 aromatic heterocycles. The third kappa shape index (κ3) is 42.7. The first kappa shape index (κ1) is 120. The van der Waals surface area contributed by atoms with Crippen LogP contribution in [0.25, 0.3) is 12.2 Å². The van der Waals surface area contributed by atoms with Crippen molar-refractivity contribution in [2.75, 3.05) is 37.5 Å². The molecule has 0 unspecified atom stereocenters. The fourth-order valence-corrected chi connectivity index (χ4v) is 13.8. The van der Waals surface area contributed by atoms with Gasteiger partial charge in [0.05, 0.1) is 106 Å². The van der Waals surface area contributed by atoms with E-state index in [9.17, 15) is 65.5 Å². The summed E-state index contributed by atoms with van der Waals surface area (Å²) in [5.74, 6) is -7.10. The highest BCUT2D eigenvalue weighted by atomic mass is 79.9. The molecule has 3 aromatic rings. The van der Waals surface area contributed by atoms with E-state index in [0.29, 0.717) is 110 Å². The molecule has 0 amide bonds. The van der Waals surface area contributed by atoms with Crippen LogP contribution in [0.1, 0.15) is 265 Å². The number of carbonyl (C=O) groups is 1. The van der Waals surface area contributed by atoms with Gasteiger partial charge in [-0.15, -0.1) is 5.98 Å². The average molecular weight is 1950 g/mol. The van der Waals surface area contributed by atoms with Gasteiger partial charge >= 0.3 is 21.4 Å². The number of nitrogen functional groups attached to an aromatic ring is 2. The van der Waals surface area contributed by atoms with E-state index in [1.165, 1.54) is 32.6 Å². The number of nitrogens with two attached hydrogens (primary N) is 2. The standard InChI is InChI=1S/C16H20F2N2O3S.C14H23BF2O2.C14H18F2N2O.C13H26B2O4.C8H11BF2.C7H10F2O.C6H7BrN2O.C6H14O2.C2H3ClO2S.2CH4/c1-3-24(21,22)20-14-10-13(15(23-2)19-11-14)5-4-12-6-8-16(17,18)9-7-12;1-12(2)13(3,4)19-15(18-12)10-7-11-5-8-14(16,17)9-6-11;1-19-13-11(8-12(17)9-18-13)3-2-10-4-6-14(15,16)7-5-10;1-10(2)11(3,4)17-14(16-10)9-15-18-12(5,6)13(7,8)19-15;9-6-3-7-1-4-8(10,11)5-2-7;8-7(9)3-1-6(5-10)2-4-7;1-10-6-5(7)2-4(8)3-9-6;1-5(2,7)6(3,4)8;1-2-6(3,4)5;;/h3-5,10-12,20H,1,6-9H2,2H3;7,10-11H,5-6,8-9H2,1-4H3;2-3,8-10H,4-7,17H2,1H3;9H2,1-8H3;3,6-7H,1-2,4-5H2;5-6H,1-4H2;2-3H,8H2,1H3;7-8H,1-4H3;2H,1H2;2*1H4/b5-4+;10-7+;3-2+;;6-3+;;;;;;. The maximum atomic E-state index is 13.2. The molecule has 7 N–H and O–H groups in total. The van der Waals surface area contributed by atoms with Crippen LogP contribution in [-0.2, 0) is 51.8 Å². The van der Waals surface area contributed by atoms with Crippen LogP contribution >= 0.6 is 26.6 Å². The van der Waals surface area contributed by atoms with Crippen molar-refractivity contribution in [3.8, 4) is 17.6 Å². The molecule has 40 heteroatoms. The van der Waals surface area contributed by atoms with Gasteiger partial charge in [-0.2, -0.15) is 0 Å². The van der Waals surface area contributed by atoms with E-state index >= 15 is 0 Å². The largest absolute Gasteiger partial charge is 0.486 e. The molecule has 11 rings (SSSR count). The topological polar surface area (TPSA) is 312 Å². The summed E-state index contributed by atoms with van der Waals surface area (Å²) in [6.45, 7) is 36.9. The third-order valence-electron chi connectivity index (χ3n) is 23.6. The molecule has 8 aliphatic rings. The average Bonchev–Trinajstić information content (AvgIpc) is 1.60. The first-order valence-electron chi connectivity index (χ1n) is 41.9. The summed E-state index contributed by atoms with van der Waals surface area (Å²) in [6, 6.07) is 5.08. The number of carbonyl (C=O) groups excluding carboxylic acids is 1. The summed E-state index contributed by atoms with van der Waals surface area (Å²) >= 11 is 3.24. The normalized spacial score (nSPS) is 21.9. The molecule has 0 aromatic carbocycles. The Kier molecular flexibility index (Phi) is 47.5. The second-order valence-electron chi connectivity index (χ2n) is 36.3. The molecule has 3 aliphatic heterocycles. The number of aromatic nitrogens is 3. The predicted octanol–water partition coefficient (Wildman–Crippen LogP) is 22.5. The Labute approximate surface area is 770 Å². The zero-order valence-electron chi connectivity index (χ0n) is 76.2. The number of ether oxygens (including phenoxy) is 3. The molecule has 2 radical (unpaired) electrons. The van der Waals surface area contributed by atoms with E-state index in [-0.39, 0.29) is 169 Å². The van der Waals surface area contributed by atoms with Gasteiger partial charge in [-0.3, -0.25) is 4.72 Å². The molecular formula is C88H140B4BrClF10N6O16S2. The van der Waals surface area contributed by atoms with Gasteiger partial charge in [-0.1, -0.05) is 70.4 Å². The van der Waals surface area contributed by atoms with E-state index in [4.69, 9.17) is 71.7 Å². The van der Waals surface area contributed by atoms with Gasteiger partial charge in [0.2, 0.25) is 47.3 Å². The number of sulfonamides is 1. The zero-order chi connectivity index (χ0) is 96.4. The van der Waals surface area contributed by atoms with Gasteiger partial charge in [0.1, 0.15) is 14.1 Å². The van der Waals surface area contributed by atoms with Crippen LogP contribution in [0.15, 0.2) is 101 Å². The number of methoxy groups -OCH3 is 3. The Balaban J connectivity index is 0.000000738. The smallest absolute Gasteiger partial charge is 0.481 e. The molecule has 726 valence electrons. The van der Waals surface area contributed by atoms with Crippen molar-refractivity contribution in [3.05, 3.63) is 113 Å². The van der Waals surface area contributed by atoms with E-state index in [1.54, 1.807) is 65.3 Å². The molecule has 0 spiro atoms. The quantitative estimate of drug-likeness (QED) is 0.0342. The highest BCUT2D eigenvalue weighted by Crippen LogP contribution is 2.46. The SMILES string of the molecule is C.C.C=CS(=O)(=O)Cl.C=CS(=O)(=O)Nc1cnc(OC)c(/C=C/C2CCC(F)(F)CC2)c1.CC(C)(O)C(C)(C)O.CC1(C)OB(/C=C/C2CCC(F)(F)CC2)OC1(C)C.CC1(C)OB(CB2OC(C)(C)C(C)(C)O2)OC1(C)C.COc1ncc(N)cc1/C=C/C1CCC(F)(F)CC1.COc1ncc(N)cc1Br.O=CC1CCC(F)(F)CC1.[B]/C=C/C1CCC(F)(F)CC1. The first-order chi connectivity index (χ1) is 57.5. The summed E-state index contributed by atoms with van der Waals surface area (Å²) in [6.07, 6.45) is 21.3. The molecule has 6 heterocycles. The number of halogens is 12. The molecule has 5 saturated carbocycles. The van der Waals surface area contributed by atoms with Crippen molar-refractivity contribution in [2.24, 2.45) is 29.6 Å². The minimum Gasteiger partial charge on any atom is -0.481 e. The number of hydrogen-bond donors (Lipinski definition) is 5. The zero-order valence-corrected chi connectivity index (χ0v) is 80.2. The van der Waals surface area contributed by atoms with Crippen molar-refractivity contribution in [1.82, 2.24) is 15.0 Å². The van der Waals surface area contributed by atoms with Crippen molar-refractivity contribution in [1.29, 1.82) is 0 Å². The van der Waals surface area contributed by atoms with Crippen molar-refractivity contribution in [2.45, 2.75) is 335 Å². The van der Waals surface area contributed by atoms with E-state index in [1.807, 2.05) is 64.1 Å². The first-order valence-corrected chi connectivity index (χ1v) is 46.6. The number of nitrogens with one attached hydrogen (secondary N) is 1. The maximum absolute atomic E-state index is 13.2. The van der Waals surface area contributed by atoms with Crippen molar-refractivity contribution < 1.29 is 118 Å². The molecule has 22 nitrogen and oxygen atoms in total. The minimum absolute atomic E-state index is 0. The van der Waals surface area contributed by atoms with Gasteiger partial charge in [-0.25, -0.2) is 75.7 Å². The highest BCUT2D eigenvalue weighted by Gasteiger charge is 2.57. The lowest BCUT2D eigenvalue weighted by molar-refractivity contribution is -0.115. The lowest BCUT2D eigenvalue weighted by Gasteiger charge is -2.32. The summed E-state index contributed by atoms with van der Waals surface area (Å²) < 4.78 is 225. The lowest BCUT2D eigenvalue weighted by atomic mass is 9.64. The monoisotopic (exact) mass is 1950 g/mol. The molecule has 128 heavy (non-hydrogen) atoms. The van der Waals surface area contributed by atoms with Gasteiger partial charge in [-0.05, 0) is 233 Å². The molecule has 3 saturated heterocycles. The number of alkyl halides is 10. The van der Waals surface area contributed by atoms with Crippen LogP contribution in [0.3, 0.4) is 0 Å². The van der Waals surface area contributed by atoms with Crippen LogP contribution in [0, 0.1) is 29.6 Å². The van der Waals surface area contributed by atoms with Crippen LogP contribution < -0.4 is 30.4 Å². The Morgan fingerprint density at radius 3 is 1.07 bits per heavy atom. The number of anilines is 3. The van der Waals surface area contributed by atoms with Gasteiger partial charge in [0, 0.05) is 109 Å². The molecule has 5 aliphatic carbocycles. The van der Waals surface area contributed by atoms with E-state index in [2.05, 4.69) is 115 Å². The summed E-state index contributed by atoms with van der Waals surface area (Å²) in [4.78, 5) is 22.1. The lowest BCUT2D eigenvalue weighted by Crippen LogP contribution is -2.44. The van der Waals surface area contributed by atoms with E-state index in [0.717, 1.165) is 21.7 Å². The number of pyridine rings is 3. The Morgan fingerprint density at radius 2 is 0.781 bits per heavy atom. The van der Waals surface area contributed by atoms with Crippen LogP contribution in [-0.4, -0.2) is 173 Å². The molecule has 0 bridgehead atoms. The van der Waals surface area contributed by atoms with Gasteiger partial charge in [0.15, 0.2) is 0 Å². The number of nitrogens with zero attached hydrogens (tertiary/aromatic N) is 3. The number of aliphatic hydroxyl groups is 2. The summed E-state index contributed by atoms with van der Waals surface area (Å²) in [5.41, 5.74) is 9.97. The number of hydrogen-bond acceptors (Lipinski definition) is 21. The number of rotatable bonds is 18. The molecule has 0 atom stereocenters. The Bertz CT molecular complexity index is 4150. The minimum atomic E-state index is -3.63. The Hall–Kier alpha value is -5.73. The van der Waals surface area contributed by atoms with Crippen LogP contribution in [0.5, 0.6) is 17.6 Å².